The maximum atomic E-state index is 14.3. The maximum absolute atomic E-state index is 14.3. The standard InChI is InChI=1S/C30H34F2N3O8PS/c1-29(2,39)25(33-26(36)24-16-19-15-20(10-11-23(19)45-24)30(31,32)44(40,41)42)28(38)35-12-6-9-21(35)27(37)34-13-14-43-22(17-34)18-7-4-3-5-8-18/h3-5,7-8,10-11,15-16,21-22,25,39H,6,9,12-14,17H2,1-2H3,(H,33,36)(H2,40,41,42)/t21-,22+,25+/m0/s1. The molecule has 0 spiro atoms. The Morgan fingerprint density at radius 1 is 1.09 bits per heavy atom. The molecule has 2 fully saturated rings. The largest absolute Gasteiger partial charge is 0.399 e. The summed E-state index contributed by atoms with van der Waals surface area (Å²) in [7, 11) is -5.79. The summed E-state index contributed by atoms with van der Waals surface area (Å²) < 4.78 is 46.1. The summed E-state index contributed by atoms with van der Waals surface area (Å²) in [6.45, 7) is 3.99. The topological polar surface area (TPSA) is 157 Å². The summed E-state index contributed by atoms with van der Waals surface area (Å²) in [6.07, 6.45) is 0.666. The first-order valence-electron chi connectivity index (χ1n) is 14.3. The predicted octanol–water partition coefficient (Wildman–Crippen LogP) is 3.59. The zero-order valence-electron chi connectivity index (χ0n) is 24.6. The molecular weight excluding hydrogens is 631 g/mol. The summed E-state index contributed by atoms with van der Waals surface area (Å²) in [5.41, 5.74) is -6.13. The number of aliphatic hydroxyl groups is 1. The number of benzene rings is 2. The van der Waals surface area contributed by atoms with Crippen LogP contribution in [0, 0.1) is 0 Å². The van der Waals surface area contributed by atoms with Crippen molar-refractivity contribution in [2.24, 2.45) is 0 Å². The Balaban J connectivity index is 1.32. The Labute approximate surface area is 261 Å². The zero-order valence-corrected chi connectivity index (χ0v) is 26.3. The third-order valence-electron chi connectivity index (χ3n) is 8.05. The first-order valence-corrected chi connectivity index (χ1v) is 16.8. The molecule has 0 bridgehead atoms. The van der Waals surface area contributed by atoms with Gasteiger partial charge in [0, 0.05) is 23.4 Å². The molecule has 2 aliphatic rings. The summed E-state index contributed by atoms with van der Waals surface area (Å²) in [6, 6.07) is 11.6. The molecule has 3 aromatic rings. The molecule has 0 unspecified atom stereocenters. The van der Waals surface area contributed by atoms with Crippen LogP contribution in [0.25, 0.3) is 10.1 Å². The molecule has 3 heterocycles. The van der Waals surface area contributed by atoms with Crippen LogP contribution in [0.3, 0.4) is 0 Å². The number of amides is 3. The number of hydrogen-bond acceptors (Lipinski definition) is 7. The lowest BCUT2D eigenvalue weighted by Gasteiger charge is -2.38. The molecule has 3 amide bonds. The Morgan fingerprint density at radius 3 is 2.47 bits per heavy atom. The van der Waals surface area contributed by atoms with E-state index < -0.39 is 48.3 Å². The number of likely N-dealkylation sites (tertiary alicyclic amines) is 1. The van der Waals surface area contributed by atoms with Gasteiger partial charge in [-0.05, 0) is 55.8 Å². The number of rotatable bonds is 8. The first kappa shape index (κ1) is 33.1. The number of halogens is 2. The highest BCUT2D eigenvalue weighted by molar-refractivity contribution is 7.52. The van der Waals surface area contributed by atoms with Crippen molar-refractivity contribution in [3.8, 4) is 0 Å². The molecule has 0 saturated carbocycles. The van der Waals surface area contributed by atoms with E-state index in [1.165, 1.54) is 30.9 Å². The fraction of sp³-hybridized carbons (Fsp3) is 0.433. The molecule has 2 aromatic carbocycles. The number of thiophene rings is 1. The van der Waals surface area contributed by atoms with Crippen molar-refractivity contribution >= 4 is 46.7 Å². The first-order chi connectivity index (χ1) is 21.1. The molecule has 11 nitrogen and oxygen atoms in total. The number of fused-ring (bicyclic) bond motifs is 1. The van der Waals surface area contributed by atoms with Gasteiger partial charge in [-0.3, -0.25) is 18.9 Å². The average Bonchev–Trinajstić information content (AvgIpc) is 3.66. The fourth-order valence-electron chi connectivity index (χ4n) is 5.64. The second kappa shape index (κ2) is 12.5. The van der Waals surface area contributed by atoms with Gasteiger partial charge in [0.2, 0.25) is 11.8 Å². The van der Waals surface area contributed by atoms with Crippen LogP contribution in [0.15, 0.2) is 54.6 Å². The number of carbonyl (C=O) groups excluding carboxylic acids is 3. The van der Waals surface area contributed by atoms with E-state index in [2.05, 4.69) is 5.32 Å². The number of nitrogens with zero attached hydrogens (tertiary/aromatic N) is 2. The van der Waals surface area contributed by atoms with Crippen molar-refractivity contribution in [3.05, 3.63) is 70.6 Å². The van der Waals surface area contributed by atoms with Crippen LogP contribution >= 0.6 is 18.9 Å². The third kappa shape index (κ3) is 6.81. The Kier molecular flexibility index (Phi) is 9.20. The van der Waals surface area contributed by atoms with Gasteiger partial charge in [-0.15, -0.1) is 11.3 Å². The molecule has 2 aliphatic heterocycles. The lowest BCUT2D eigenvalue weighted by Crippen LogP contribution is -2.61. The summed E-state index contributed by atoms with van der Waals surface area (Å²) in [5, 5.41) is 13.7. The molecule has 0 aliphatic carbocycles. The molecule has 45 heavy (non-hydrogen) atoms. The highest BCUT2D eigenvalue weighted by Gasteiger charge is 2.50. The summed E-state index contributed by atoms with van der Waals surface area (Å²) >= 11 is 0.921. The SMILES string of the molecule is CC(C)(O)[C@H](NC(=O)c1cc2cc(C(F)(F)P(=O)(O)O)ccc2s1)C(=O)N1CCC[C@H]1C(=O)N1CCO[C@@H](c2ccccc2)C1. The van der Waals surface area contributed by atoms with Crippen LogP contribution in [0.2, 0.25) is 0 Å². The monoisotopic (exact) mass is 665 g/mol. The van der Waals surface area contributed by atoms with Crippen molar-refractivity contribution < 1.29 is 47.4 Å². The minimum atomic E-state index is -5.79. The molecule has 4 N–H and O–H groups in total. The van der Waals surface area contributed by atoms with Crippen LogP contribution in [-0.4, -0.2) is 86.3 Å². The molecule has 3 atom stereocenters. The van der Waals surface area contributed by atoms with Gasteiger partial charge in [-0.2, -0.15) is 8.78 Å². The zero-order chi connectivity index (χ0) is 32.7. The maximum Gasteiger partial charge on any atom is 0.399 e. The van der Waals surface area contributed by atoms with Crippen LogP contribution < -0.4 is 5.32 Å². The van der Waals surface area contributed by atoms with Crippen LogP contribution in [0.1, 0.15) is 53.6 Å². The van der Waals surface area contributed by atoms with Crippen molar-refractivity contribution in [1.82, 2.24) is 15.1 Å². The van der Waals surface area contributed by atoms with Crippen LogP contribution in [-0.2, 0) is 24.6 Å². The van der Waals surface area contributed by atoms with E-state index in [0.29, 0.717) is 37.2 Å². The number of morpholine rings is 1. The Morgan fingerprint density at radius 2 is 1.80 bits per heavy atom. The smallest absolute Gasteiger partial charge is 0.388 e. The number of hydrogen-bond donors (Lipinski definition) is 4. The summed E-state index contributed by atoms with van der Waals surface area (Å²) in [4.78, 5) is 62.1. The molecule has 2 saturated heterocycles. The second-order valence-electron chi connectivity index (χ2n) is 11.8. The summed E-state index contributed by atoms with van der Waals surface area (Å²) in [5.74, 6) is -1.64. The minimum absolute atomic E-state index is 0.0259. The van der Waals surface area contributed by atoms with E-state index in [4.69, 9.17) is 14.5 Å². The number of ether oxygens (including phenoxy) is 1. The predicted molar refractivity (Wildman–Crippen MR) is 162 cm³/mol. The van der Waals surface area contributed by atoms with Crippen molar-refractivity contribution in [2.75, 3.05) is 26.2 Å². The van der Waals surface area contributed by atoms with Gasteiger partial charge in [0.1, 0.15) is 18.2 Å². The molecule has 0 radical (unpaired) electrons. The van der Waals surface area contributed by atoms with E-state index in [1.54, 1.807) is 4.90 Å². The lowest BCUT2D eigenvalue weighted by atomic mass is 9.96. The van der Waals surface area contributed by atoms with E-state index in [0.717, 1.165) is 29.0 Å². The van der Waals surface area contributed by atoms with Gasteiger partial charge >= 0.3 is 13.3 Å². The molecule has 5 rings (SSSR count). The van der Waals surface area contributed by atoms with E-state index in [1.807, 2.05) is 30.3 Å². The molecule has 15 heteroatoms. The van der Waals surface area contributed by atoms with Gasteiger partial charge in [-0.1, -0.05) is 36.4 Å². The highest BCUT2D eigenvalue weighted by Crippen LogP contribution is 2.59. The van der Waals surface area contributed by atoms with E-state index >= 15 is 0 Å². The number of alkyl halides is 2. The normalized spacial score (nSPS) is 20.3. The van der Waals surface area contributed by atoms with Crippen LogP contribution in [0.5, 0.6) is 0 Å². The molecule has 242 valence electrons. The molecular formula is C30H34F2N3O8PS. The van der Waals surface area contributed by atoms with E-state index in [9.17, 15) is 32.8 Å². The van der Waals surface area contributed by atoms with Gasteiger partial charge in [0.05, 0.1) is 23.6 Å². The van der Waals surface area contributed by atoms with Crippen molar-refractivity contribution in [3.63, 3.8) is 0 Å². The Hall–Kier alpha value is -3.26. The van der Waals surface area contributed by atoms with E-state index in [-0.39, 0.29) is 28.8 Å². The van der Waals surface area contributed by atoms with Gasteiger partial charge in [-0.25, -0.2) is 0 Å². The van der Waals surface area contributed by atoms with Crippen molar-refractivity contribution in [1.29, 1.82) is 0 Å². The average molecular weight is 666 g/mol. The lowest BCUT2D eigenvalue weighted by molar-refractivity contribution is -0.151. The Bertz CT molecular complexity index is 1640. The van der Waals surface area contributed by atoms with Crippen molar-refractivity contribution in [2.45, 2.75) is 56.1 Å². The fourth-order valence-corrected chi connectivity index (χ4v) is 7.06. The number of carbonyl (C=O) groups is 3. The van der Waals surface area contributed by atoms with Gasteiger partial charge in [0.15, 0.2) is 0 Å². The van der Waals surface area contributed by atoms with Crippen LogP contribution in [0.4, 0.5) is 8.78 Å². The second-order valence-corrected chi connectivity index (χ2v) is 14.5. The number of nitrogens with one attached hydrogen (secondary N) is 1. The van der Waals surface area contributed by atoms with Gasteiger partial charge < -0.3 is 34.7 Å². The molecule has 1 aromatic heterocycles. The van der Waals surface area contributed by atoms with Gasteiger partial charge in [0.25, 0.3) is 5.91 Å². The third-order valence-corrected chi connectivity index (χ3v) is 10.2. The minimum Gasteiger partial charge on any atom is -0.388 e. The quantitative estimate of drug-likeness (QED) is 0.266. The highest BCUT2D eigenvalue weighted by atomic mass is 32.1.